The Morgan fingerprint density at radius 2 is 1.85 bits per heavy atom. The van der Waals surface area contributed by atoms with Crippen LogP contribution in [0.1, 0.15) is 29.7 Å². The van der Waals surface area contributed by atoms with Crippen molar-refractivity contribution in [3.8, 4) is 0 Å². The van der Waals surface area contributed by atoms with Crippen molar-refractivity contribution in [3.63, 3.8) is 0 Å². The van der Waals surface area contributed by atoms with Gasteiger partial charge in [0.25, 0.3) is 0 Å². The van der Waals surface area contributed by atoms with Crippen LogP contribution in [0.2, 0.25) is 0 Å². The molecular formula is C20H26F2N4. The number of anilines is 1. The first-order valence-corrected chi connectivity index (χ1v) is 8.50. The van der Waals surface area contributed by atoms with Crippen LogP contribution in [0.15, 0.2) is 41.4 Å². The molecule has 0 aromatic heterocycles. The number of benzene rings is 2. The van der Waals surface area contributed by atoms with Gasteiger partial charge in [0, 0.05) is 33.4 Å². The van der Waals surface area contributed by atoms with E-state index in [1.165, 1.54) is 17.2 Å². The molecule has 2 aromatic carbocycles. The number of rotatable bonds is 5. The molecule has 0 aliphatic heterocycles. The molecule has 1 unspecified atom stereocenters. The van der Waals surface area contributed by atoms with Crippen LogP contribution in [-0.2, 0) is 6.54 Å². The third-order valence-electron chi connectivity index (χ3n) is 4.31. The van der Waals surface area contributed by atoms with Gasteiger partial charge in [-0.1, -0.05) is 12.1 Å². The van der Waals surface area contributed by atoms with Crippen LogP contribution >= 0.6 is 0 Å². The molecule has 0 saturated heterocycles. The molecule has 0 radical (unpaired) electrons. The van der Waals surface area contributed by atoms with Crippen LogP contribution in [0.25, 0.3) is 0 Å². The van der Waals surface area contributed by atoms with E-state index >= 15 is 0 Å². The van der Waals surface area contributed by atoms with E-state index in [4.69, 9.17) is 0 Å². The summed E-state index contributed by atoms with van der Waals surface area (Å²) in [5, 5.41) is 6.45. The second-order valence-corrected chi connectivity index (χ2v) is 6.47. The zero-order valence-corrected chi connectivity index (χ0v) is 15.9. The van der Waals surface area contributed by atoms with E-state index in [9.17, 15) is 8.78 Å². The van der Waals surface area contributed by atoms with Crippen LogP contribution < -0.4 is 15.5 Å². The molecule has 26 heavy (non-hydrogen) atoms. The summed E-state index contributed by atoms with van der Waals surface area (Å²) >= 11 is 0. The Labute approximate surface area is 153 Å². The van der Waals surface area contributed by atoms with Gasteiger partial charge in [-0.05, 0) is 54.8 Å². The maximum Gasteiger partial charge on any atom is 0.191 e. The number of nitrogens with zero attached hydrogens (tertiary/aromatic N) is 2. The predicted octanol–water partition coefficient (Wildman–Crippen LogP) is 3.77. The number of hydrogen-bond donors (Lipinski definition) is 2. The van der Waals surface area contributed by atoms with Crippen molar-refractivity contribution in [3.05, 3.63) is 64.7 Å². The number of aryl methyl sites for hydroxylation is 1. The molecule has 0 heterocycles. The van der Waals surface area contributed by atoms with E-state index in [2.05, 4.69) is 45.6 Å². The van der Waals surface area contributed by atoms with Gasteiger partial charge in [-0.3, -0.25) is 4.99 Å². The molecule has 0 spiro atoms. The van der Waals surface area contributed by atoms with Crippen LogP contribution in [0.3, 0.4) is 0 Å². The minimum Gasteiger partial charge on any atom is -0.378 e. The standard InChI is InChI=1S/C20H26F2N4/c1-13-10-17(26(4)5)8-6-16(13)12-24-20(23-3)25-14(2)15-7-9-18(21)19(22)11-15/h6-11,14H,12H2,1-5H3,(H2,23,24,25). The highest BCUT2D eigenvalue weighted by molar-refractivity contribution is 5.80. The second-order valence-electron chi connectivity index (χ2n) is 6.47. The number of nitrogens with one attached hydrogen (secondary N) is 2. The van der Waals surface area contributed by atoms with Gasteiger partial charge < -0.3 is 15.5 Å². The summed E-state index contributed by atoms with van der Waals surface area (Å²) < 4.78 is 26.5. The number of guanidine groups is 1. The maximum atomic E-state index is 13.4. The summed E-state index contributed by atoms with van der Waals surface area (Å²) in [7, 11) is 5.70. The molecule has 2 aromatic rings. The Balaban J connectivity index is 2.00. The topological polar surface area (TPSA) is 39.7 Å². The first-order chi connectivity index (χ1) is 12.3. The maximum absolute atomic E-state index is 13.4. The van der Waals surface area contributed by atoms with Crippen molar-refractivity contribution in [2.45, 2.75) is 26.4 Å². The average molecular weight is 360 g/mol. The normalized spacial score (nSPS) is 12.7. The minimum absolute atomic E-state index is 0.214. The molecule has 2 rings (SSSR count). The minimum atomic E-state index is -0.851. The summed E-state index contributed by atoms with van der Waals surface area (Å²) in [5.74, 6) is -1.10. The van der Waals surface area contributed by atoms with Crippen LogP contribution in [0.5, 0.6) is 0 Å². The van der Waals surface area contributed by atoms with Crippen molar-refractivity contribution in [1.29, 1.82) is 0 Å². The van der Waals surface area contributed by atoms with E-state index in [0.717, 1.165) is 11.8 Å². The van der Waals surface area contributed by atoms with E-state index in [1.807, 2.05) is 21.0 Å². The Hall–Kier alpha value is -2.63. The van der Waals surface area contributed by atoms with Gasteiger partial charge in [-0.25, -0.2) is 8.78 Å². The molecule has 140 valence electrons. The zero-order valence-electron chi connectivity index (χ0n) is 15.9. The quantitative estimate of drug-likeness (QED) is 0.630. The summed E-state index contributed by atoms with van der Waals surface area (Å²) in [6, 6.07) is 9.98. The lowest BCUT2D eigenvalue weighted by Crippen LogP contribution is -2.38. The fourth-order valence-corrected chi connectivity index (χ4v) is 2.60. The SMILES string of the molecule is CN=C(NCc1ccc(N(C)C)cc1C)NC(C)c1ccc(F)c(F)c1. The first-order valence-electron chi connectivity index (χ1n) is 8.50. The van der Waals surface area contributed by atoms with Gasteiger partial charge in [0.1, 0.15) is 0 Å². The highest BCUT2D eigenvalue weighted by Gasteiger charge is 2.11. The molecule has 0 fully saturated rings. The number of hydrogen-bond acceptors (Lipinski definition) is 2. The Kier molecular flexibility index (Phi) is 6.55. The van der Waals surface area contributed by atoms with E-state index in [0.29, 0.717) is 18.1 Å². The third-order valence-corrected chi connectivity index (χ3v) is 4.31. The smallest absolute Gasteiger partial charge is 0.191 e. The first kappa shape index (κ1) is 19.7. The van der Waals surface area contributed by atoms with Gasteiger partial charge in [0.05, 0.1) is 6.04 Å². The lowest BCUT2D eigenvalue weighted by atomic mass is 10.1. The summed E-state index contributed by atoms with van der Waals surface area (Å²) in [6.45, 7) is 4.56. The largest absolute Gasteiger partial charge is 0.378 e. The Morgan fingerprint density at radius 3 is 2.42 bits per heavy atom. The van der Waals surface area contributed by atoms with E-state index in [-0.39, 0.29) is 6.04 Å². The highest BCUT2D eigenvalue weighted by Crippen LogP contribution is 2.18. The van der Waals surface area contributed by atoms with E-state index < -0.39 is 11.6 Å². The van der Waals surface area contributed by atoms with Gasteiger partial charge >= 0.3 is 0 Å². The number of halogens is 2. The Bertz CT molecular complexity index is 787. The van der Waals surface area contributed by atoms with Gasteiger partial charge in [0.15, 0.2) is 17.6 Å². The Morgan fingerprint density at radius 1 is 1.12 bits per heavy atom. The van der Waals surface area contributed by atoms with Gasteiger partial charge in [-0.15, -0.1) is 0 Å². The zero-order chi connectivity index (χ0) is 19.3. The van der Waals surface area contributed by atoms with Crippen molar-refractivity contribution >= 4 is 11.6 Å². The van der Waals surface area contributed by atoms with Crippen molar-refractivity contribution in [1.82, 2.24) is 10.6 Å². The van der Waals surface area contributed by atoms with Crippen LogP contribution in [0.4, 0.5) is 14.5 Å². The van der Waals surface area contributed by atoms with Gasteiger partial charge in [-0.2, -0.15) is 0 Å². The third kappa shape index (κ3) is 4.94. The molecule has 0 saturated carbocycles. The molecule has 0 aliphatic carbocycles. The van der Waals surface area contributed by atoms with Crippen molar-refractivity contribution in [2.75, 3.05) is 26.0 Å². The van der Waals surface area contributed by atoms with Crippen molar-refractivity contribution in [2.24, 2.45) is 4.99 Å². The summed E-state index contributed by atoms with van der Waals surface area (Å²) in [4.78, 5) is 6.27. The number of aliphatic imine (C=N–C) groups is 1. The second kappa shape index (κ2) is 8.65. The molecular weight excluding hydrogens is 334 g/mol. The molecule has 1 atom stereocenters. The predicted molar refractivity (Wildman–Crippen MR) is 104 cm³/mol. The summed E-state index contributed by atoms with van der Waals surface area (Å²) in [5.41, 5.74) is 4.16. The van der Waals surface area contributed by atoms with E-state index in [1.54, 1.807) is 13.1 Å². The fraction of sp³-hybridized carbons (Fsp3) is 0.350. The molecule has 4 nitrogen and oxygen atoms in total. The average Bonchev–Trinajstić information content (AvgIpc) is 2.61. The summed E-state index contributed by atoms with van der Waals surface area (Å²) in [6.07, 6.45) is 0. The molecule has 0 aliphatic rings. The molecule has 0 bridgehead atoms. The lowest BCUT2D eigenvalue weighted by molar-refractivity contribution is 0.504. The highest BCUT2D eigenvalue weighted by atomic mass is 19.2. The van der Waals surface area contributed by atoms with Crippen LogP contribution in [0, 0.1) is 18.6 Å². The lowest BCUT2D eigenvalue weighted by Gasteiger charge is -2.19. The van der Waals surface area contributed by atoms with Crippen molar-refractivity contribution < 1.29 is 8.78 Å². The van der Waals surface area contributed by atoms with Crippen LogP contribution in [-0.4, -0.2) is 27.1 Å². The monoisotopic (exact) mass is 360 g/mol. The fourth-order valence-electron chi connectivity index (χ4n) is 2.60. The van der Waals surface area contributed by atoms with Gasteiger partial charge in [0.2, 0.25) is 0 Å². The molecule has 0 amide bonds. The molecule has 6 heteroatoms. The molecule has 2 N–H and O–H groups in total.